The zero-order chi connectivity index (χ0) is 25.8. The normalized spacial score (nSPS) is 11.6. The molecule has 0 saturated heterocycles. The van der Waals surface area contributed by atoms with E-state index in [0.717, 1.165) is 24.3 Å². The molecule has 0 spiro atoms. The van der Waals surface area contributed by atoms with Crippen LogP contribution in [0.3, 0.4) is 0 Å². The second kappa shape index (κ2) is 10.6. The van der Waals surface area contributed by atoms with Crippen molar-refractivity contribution < 1.29 is 35.9 Å². The Kier molecular flexibility index (Phi) is 8.04. The van der Waals surface area contributed by atoms with Crippen LogP contribution in [0.1, 0.15) is 5.56 Å². The van der Waals surface area contributed by atoms with Gasteiger partial charge in [0.05, 0.1) is 28.3 Å². The van der Waals surface area contributed by atoms with Crippen LogP contribution >= 0.6 is 23.2 Å². The molecule has 0 heterocycles. The van der Waals surface area contributed by atoms with Gasteiger partial charge in [-0.1, -0.05) is 29.3 Å². The number of amides is 1. The molecule has 3 rings (SSSR count). The monoisotopic (exact) mass is 548 g/mol. The molecule has 1 amide bonds. The SMILES string of the molecule is COc1ccc(Cl)cc1NC(=O)COc1ccc(S(=O)(=O)Nc2cccc(C(F)(F)F)c2)cc1Cl. The Bertz CT molecular complexity index is 1350. The van der Waals surface area contributed by atoms with Gasteiger partial charge in [-0.25, -0.2) is 8.42 Å². The summed E-state index contributed by atoms with van der Waals surface area (Å²) in [4.78, 5) is 11.9. The van der Waals surface area contributed by atoms with Gasteiger partial charge in [0.25, 0.3) is 15.9 Å². The van der Waals surface area contributed by atoms with Crippen LogP contribution in [-0.4, -0.2) is 28.0 Å². The van der Waals surface area contributed by atoms with Gasteiger partial charge < -0.3 is 14.8 Å². The molecule has 3 aromatic rings. The lowest BCUT2D eigenvalue weighted by atomic mass is 10.2. The molecule has 0 aliphatic heterocycles. The van der Waals surface area contributed by atoms with Crippen molar-refractivity contribution >= 4 is 50.5 Å². The highest BCUT2D eigenvalue weighted by atomic mass is 35.5. The summed E-state index contributed by atoms with van der Waals surface area (Å²) in [7, 11) is -2.84. The van der Waals surface area contributed by atoms with E-state index in [-0.39, 0.29) is 21.4 Å². The molecule has 0 fully saturated rings. The molecule has 0 aromatic heterocycles. The van der Waals surface area contributed by atoms with E-state index >= 15 is 0 Å². The third-order valence-corrected chi connectivity index (χ3v) is 6.36. The first-order valence-electron chi connectivity index (χ1n) is 9.65. The third kappa shape index (κ3) is 6.93. The number of methoxy groups -OCH3 is 1. The summed E-state index contributed by atoms with van der Waals surface area (Å²) in [6, 6.07) is 11.8. The van der Waals surface area contributed by atoms with Gasteiger partial charge in [-0.2, -0.15) is 13.2 Å². The standard InChI is InChI=1S/C22H17Cl2F3N2O5S/c1-33-20-7-5-14(23)10-18(20)28-21(30)12-34-19-8-6-16(11-17(19)24)35(31,32)29-15-4-2-3-13(9-15)22(25,26)27/h2-11,29H,12H2,1H3,(H,28,30). The van der Waals surface area contributed by atoms with E-state index in [2.05, 4.69) is 10.0 Å². The molecular formula is C22H17Cl2F3N2O5S. The number of halogens is 5. The Labute approximate surface area is 208 Å². The van der Waals surface area contributed by atoms with Crippen LogP contribution in [-0.2, 0) is 21.0 Å². The van der Waals surface area contributed by atoms with Crippen molar-refractivity contribution in [2.24, 2.45) is 0 Å². The number of carbonyl (C=O) groups is 1. The number of rotatable bonds is 8. The van der Waals surface area contributed by atoms with Crippen molar-refractivity contribution in [1.29, 1.82) is 0 Å². The average molecular weight is 549 g/mol. The van der Waals surface area contributed by atoms with Crippen molar-refractivity contribution in [3.8, 4) is 11.5 Å². The van der Waals surface area contributed by atoms with Crippen LogP contribution in [0.5, 0.6) is 11.5 Å². The number of carbonyl (C=O) groups excluding carboxylic acids is 1. The topological polar surface area (TPSA) is 93.7 Å². The number of sulfonamides is 1. The Balaban J connectivity index is 1.68. The minimum Gasteiger partial charge on any atom is -0.495 e. The van der Waals surface area contributed by atoms with Gasteiger partial charge in [-0.15, -0.1) is 0 Å². The molecule has 0 atom stereocenters. The zero-order valence-corrected chi connectivity index (χ0v) is 20.1. The fourth-order valence-electron chi connectivity index (χ4n) is 2.85. The minimum atomic E-state index is -4.63. The van der Waals surface area contributed by atoms with E-state index in [1.165, 1.54) is 25.3 Å². The highest BCUT2D eigenvalue weighted by molar-refractivity contribution is 7.92. The van der Waals surface area contributed by atoms with Crippen LogP contribution in [0.2, 0.25) is 10.0 Å². The lowest BCUT2D eigenvalue weighted by Crippen LogP contribution is -2.20. The number of anilines is 2. The van der Waals surface area contributed by atoms with Crippen molar-refractivity contribution in [3.05, 3.63) is 76.3 Å². The van der Waals surface area contributed by atoms with E-state index in [1.54, 1.807) is 12.1 Å². The van der Waals surface area contributed by atoms with Crippen LogP contribution in [0.25, 0.3) is 0 Å². The molecule has 35 heavy (non-hydrogen) atoms. The molecule has 3 aromatic carbocycles. The molecule has 186 valence electrons. The molecule has 0 radical (unpaired) electrons. The maximum atomic E-state index is 12.9. The van der Waals surface area contributed by atoms with E-state index in [9.17, 15) is 26.4 Å². The molecule has 13 heteroatoms. The van der Waals surface area contributed by atoms with Crippen molar-refractivity contribution in [2.45, 2.75) is 11.1 Å². The van der Waals surface area contributed by atoms with Crippen LogP contribution < -0.4 is 19.5 Å². The summed E-state index contributed by atoms with van der Waals surface area (Å²) in [6.45, 7) is -0.468. The summed E-state index contributed by atoms with van der Waals surface area (Å²) in [5, 5.41) is 2.81. The summed E-state index contributed by atoms with van der Waals surface area (Å²) >= 11 is 12.0. The molecule has 2 N–H and O–H groups in total. The van der Waals surface area contributed by atoms with Crippen molar-refractivity contribution in [3.63, 3.8) is 0 Å². The number of ether oxygens (including phenoxy) is 2. The van der Waals surface area contributed by atoms with E-state index in [4.69, 9.17) is 32.7 Å². The van der Waals surface area contributed by atoms with E-state index < -0.39 is 34.3 Å². The lowest BCUT2D eigenvalue weighted by Gasteiger charge is -2.13. The molecular weight excluding hydrogens is 532 g/mol. The first kappa shape index (κ1) is 26.5. The predicted octanol–water partition coefficient (Wildman–Crippen LogP) is 5.84. The fraction of sp³-hybridized carbons (Fsp3) is 0.136. The summed E-state index contributed by atoms with van der Waals surface area (Å²) < 4.78 is 76.4. The van der Waals surface area contributed by atoms with Gasteiger partial charge in [0.2, 0.25) is 0 Å². The van der Waals surface area contributed by atoms with Crippen LogP contribution in [0, 0.1) is 0 Å². The Morgan fingerprint density at radius 2 is 1.71 bits per heavy atom. The molecule has 7 nitrogen and oxygen atoms in total. The van der Waals surface area contributed by atoms with Gasteiger partial charge in [0, 0.05) is 10.7 Å². The van der Waals surface area contributed by atoms with E-state index in [1.807, 2.05) is 0 Å². The quantitative estimate of drug-likeness (QED) is 0.369. The smallest absolute Gasteiger partial charge is 0.416 e. The molecule has 0 aliphatic rings. The number of nitrogens with one attached hydrogen (secondary N) is 2. The van der Waals surface area contributed by atoms with Crippen LogP contribution in [0.4, 0.5) is 24.5 Å². The first-order valence-corrected chi connectivity index (χ1v) is 11.9. The van der Waals surface area contributed by atoms with Gasteiger partial charge in [-0.3, -0.25) is 9.52 Å². The lowest BCUT2D eigenvalue weighted by molar-refractivity contribution is -0.137. The summed E-state index contributed by atoms with van der Waals surface area (Å²) in [6.07, 6.45) is -4.63. The molecule has 0 aliphatic carbocycles. The number of hydrogen-bond donors (Lipinski definition) is 2. The highest BCUT2D eigenvalue weighted by Crippen LogP contribution is 2.32. The second-order valence-electron chi connectivity index (χ2n) is 6.96. The zero-order valence-electron chi connectivity index (χ0n) is 17.8. The summed E-state index contributed by atoms with van der Waals surface area (Å²) in [5.41, 5.74) is -0.959. The highest BCUT2D eigenvalue weighted by Gasteiger charge is 2.30. The van der Waals surface area contributed by atoms with Crippen molar-refractivity contribution in [1.82, 2.24) is 0 Å². The van der Waals surface area contributed by atoms with Crippen LogP contribution in [0.15, 0.2) is 65.6 Å². The fourth-order valence-corrected chi connectivity index (χ4v) is 4.39. The number of hydrogen-bond acceptors (Lipinski definition) is 5. The Morgan fingerprint density at radius 1 is 1.00 bits per heavy atom. The Hall–Kier alpha value is -3.15. The van der Waals surface area contributed by atoms with Gasteiger partial charge in [-0.05, 0) is 54.6 Å². The largest absolute Gasteiger partial charge is 0.495 e. The molecule has 0 unspecified atom stereocenters. The summed E-state index contributed by atoms with van der Waals surface area (Å²) in [5.74, 6) is -0.175. The average Bonchev–Trinajstić information content (AvgIpc) is 2.77. The number of alkyl halides is 3. The second-order valence-corrected chi connectivity index (χ2v) is 9.48. The Morgan fingerprint density at radius 3 is 2.37 bits per heavy atom. The van der Waals surface area contributed by atoms with Gasteiger partial charge in [0.1, 0.15) is 11.5 Å². The van der Waals surface area contributed by atoms with Gasteiger partial charge in [0.15, 0.2) is 6.61 Å². The maximum Gasteiger partial charge on any atom is 0.416 e. The molecule has 0 bridgehead atoms. The predicted molar refractivity (Wildman–Crippen MR) is 126 cm³/mol. The third-order valence-electron chi connectivity index (χ3n) is 4.45. The maximum absolute atomic E-state index is 12.9. The minimum absolute atomic E-state index is 0.0119. The molecule has 0 saturated carbocycles. The first-order chi connectivity index (χ1) is 16.4. The van der Waals surface area contributed by atoms with Gasteiger partial charge >= 0.3 is 6.18 Å². The van der Waals surface area contributed by atoms with E-state index in [0.29, 0.717) is 22.5 Å². The van der Waals surface area contributed by atoms with Crippen molar-refractivity contribution in [2.75, 3.05) is 23.8 Å². The number of benzene rings is 3.